The smallest absolute Gasteiger partial charge is 0.153 e. The van der Waals surface area contributed by atoms with E-state index in [9.17, 15) is 4.79 Å². The average Bonchev–Trinajstić information content (AvgIpc) is 2.40. The zero-order chi connectivity index (χ0) is 13.8. The summed E-state index contributed by atoms with van der Waals surface area (Å²) in [5, 5.41) is 0. The first-order chi connectivity index (χ1) is 9.08. The number of allylic oxidation sites excluding steroid dienone is 1. The van der Waals surface area contributed by atoms with E-state index in [0.717, 1.165) is 16.7 Å². The summed E-state index contributed by atoms with van der Waals surface area (Å²) >= 11 is 0. The van der Waals surface area contributed by atoms with Crippen LogP contribution in [-0.2, 0) is 4.79 Å². The lowest BCUT2D eigenvalue weighted by molar-refractivity contribution is -0.112. The van der Waals surface area contributed by atoms with Crippen LogP contribution in [0.15, 0.2) is 54.6 Å². The van der Waals surface area contributed by atoms with Crippen molar-refractivity contribution in [1.82, 2.24) is 0 Å². The van der Waals surface area contributed by atoms with Crippen molar-refractivity contribution in [2.45, 2.75) is 20.8 Å². The molecular formula is C18H18O. The molecule has 0 heterocycles. The van der Waals surface area contributed by atoms with Gasteiger partial charge >= 0.3 is 0 Å². The Labute approximate surface area is 114 Å². The molecule has 1 nitrogen and oxygen atoms in total. The van der Waals surface area contributed by atoms with Crippen LogP contribution in [0.4, 0.5) is 0 Å². The molecule has 0 saturated carbocycles. The van der Waals surface area contributed by atoms with Gasteiger partial charge in [-0.2, -0.15) is 0 Å². The van der Waals surface area contributed by atoms with E-state index in [-0.39, 0.29) is 5.78 Å². The Kier molecular flexibility index (Phi) is 3.96. The molecule has 2 aromatic carbocycles. The number of hydrogen-bond donors (Lipinski definition) is 0. The fourth-order valence-electron chi connectivity index (χ4n) is 2.16. The summed E-state index contributed by atoms with van der Waals surface area (Å²) in [5.41, 5.74) is 5.58. The molecule has 0 aliphatic carbocycles. The predicted octanol–water partition coefficient (Wildman–Crippen LogP) is 4.32. The Morgan fingerprint density at radius 1 is 1.00 bits per heavy atom. The van der Waals surface area contributed by atoms with Crippen molar-refractivity contribution >= 4 is 11.4 Å². The third-order valence-corrected chi connectivity index (χ3v) is 3.12. The summed E-state index contributed by atoms with van der Waals surface area (Å²) < 4.78 is 0. The zero-order valence-corrected chi connectivity index (χ0v) is 11.6. The van der Waals surface area contributed by atoms with Crippen LogP contribution in [0.2, 0.25) is 0 Å². The van der Waals surface area contributed by atoms with Crippen molar-refractivity contribution < 1.29 is 4.79 Å². The van der Waals surface area contributed by atoms with Gasteiger partial charge in [0.25, 0.3) is 0 Å². The first-order valence-electron chi connectivity index (χ1n) is 6.43. The molecule has 0 saturated heterocycles. The van der Waals surface area contributed by atoms with Gasteiger partial charge in [0.2, 0.25) is 0 Å². The maximum absolute atomic E-state index is 11.5. The van der Waals surface area contributed by atoms with Crippen LogP contribution in [0, 0.1) is 13.8 Å². The molecule has 96 valence electrons. The summed E-state index contributed by atoms with van der Waals surface area (Å²) in [6, 6.07) is 16.4. The van der Waals surface area contributed by atoms with Crippen LogP contribution in [0.5, 0.6) is 0 Å². The number of hydrogen-bond acceptors (Lipinski definition) is 1. The van der Waals surface area contributed by atoms with Crippen molar-refractivity contribution in [2.24, 2.45) is 0 Å². The van der Waals surface area contributed by atoms with Crippen LogP contribution in [0.1, 0.15) is 29.2 Å². The molecule has 2 rings (SSSR count). The van der Waals surface area contributed by atoms with Gasteiger partial charge in [-0.25, -0.2) is 0 Å². The average molecular weight is 250 g/mol. The summed E-state index contributed by atoms with van der Waals surface area (Å²) in [6.45, 7) is 5.74. The summed E-state index contributed by atoms with van der Waals surface area (Å²) in [4.78, 5) is 11.5. The van der Waals surface area contributed by atoms with Crippen LogP contribution >= 0.6 is 0 Å². The lowest BCUT2D eigenvalue weighted by atomic mass is 9.92. The standard InChI is InChI=1S/C18H18O/c1-13-9-10-14(2)17(11-13)18(12-15(3)19)16-7-5-4-6-8-16/h4-12H,1-3H3/b18-12-. The molecule has 0 unspecified atom stereocenters. The fraction of sp³-hybridized carbons (Fsp3) is 0.167. The number of rotatable bonds is 3. The number of benzene rings is 2. The second-order valence-corrected chi connectivity index (χ2v) is 4.85. The third-order valence-electron chi connectivity index (χ3n) is 3.12. The van der Waals surface area contributed by atoms with Crippen LogP contribution in [0.25, 0.3) is 5.57 Å². The van der Waals surface area contributed by atoms with E-state index in [0.29, 0.717) is 0 Å². The van der Waals surface area contributed by atoms with Gasteiger partial charge in [-0.1, -0.05) is 54.1 Å². The highest BCUT2D eigenvalue weighted by atomic mass is 16.1. The summed E-state index contributed by atoms with van der Waals surface area (Å²) in [6.07, 6.45) is 1.72. The van der Waals surface area contributed by atoms with E-state index in [1.165, 1.54) is 11.1 Å². The molecule has 0 aromatic heterocycles. The second-order valence-electron chi connectivity index (χ2n) is 4.85. The van der Waals surface area contributed by atoms with E-state index in [1.807, 2.05) is 30.3 Å². The molecule has 2 aromatic rings. The lowest BCUT2D eigenvalue weighted by Gasteiger charge is -2.12. The normalized spacial score (nSPS) is 11.4. The Hall–Kier alpha value is -2.15. The van der Waals surface area contributed by atoms with Crippen molar-refractivity contribution in [2.75, 3.05) is 0 Å². The highest BCUT2D eigenvalue weighted by molar-refractivity contribution is 5.99. The molecule has 0 N–H and O–H groups in total. The molecule has 0 spiro atoms. The predicted molar refractivity (Wildman–Crippen MR) is 80.1 cm³/mol. The first-order valence-corrected chi connectivity index (χ1v) is 6.43. The number of carbonyl (C=O) groups is 1. The first kappa shape index (κ1) is 13.3. The van der Waals surface area contributed by atoms with E-state index in [1.54, 1.807) is 13.0 Å². The minimum absolute atomic E-state index is 0.0692. The molecule has 0 aliphatic rings. The Bertz CT molecular complexity index is 621. The second kappa shape index (κ2) is 5.66. The minimum atomic E-state index is 0.0692. The monoisotopic (exact) mass is 250 g/mol. The quantitative estimate of drug-likeness (QED) is 0.741. The van der Waals surface area contributed by atoms with Crippen molar-refractivity contribution in [3.63, 3.8) is 0 Å². The molecule has 19 heavy (non-hydrogen) atoms. The lowest BCUT2D eigenvalue weighted by Crippen LogP contribution is -1.95. The SMILES string of the molecule is CC(=O)/C=C(/c1ccccc1)c1cc(C)ccc1C. The molecule has 1 heteroatoms. The topological polar surface area (TPSA) is 17.1 Å². The van der Waals surface area contributed by atoms with Gasteiger partial charge in [-0.3, -0.25) is 4.79 Å². The maximum atomic E-state index is 11.5. The number of ketones is 1. The largest absolute Gasteiger partial charge is 0.295 e. The van der Waals surface area contributed by atoms with Gasteiger partial charge < -0.3 is 0 Å². The van der Waals surface area contributed by atoms with E-state index in [2.05, 4.69) is 32.0 Å². The van der Waals surface area contributed by atoms with Crippen LogP contribution < -0.4 is 0 Å². The van der Waals surface area contributed by atoms with Gasteiger partial charge in [-0.05, 0) is 49.1 Å². The Morgan fingerprint density at radius 2 is 1.68 bits per heavy atom. The maximum Gasteiger partial charge on any atom is 0.153 e. The molecule has 0 aliphatic heterocycles. The van der Waals surface area contributed by atoms with E-state index < -0.39 is 0 Å². The summed E-state index contributed by atoms with van der Waals surface area (Å²) in [5.74, 6) is 0.0692. The Balaban J connectivity index is 2.63. The number of aryl methyl sites for hydroxylation is 2. The van der Waals surface area contributed by atoms with Gasteiger partial charge in [0, 0.05) is 0 Å². The molecule has 0 amide bonds. The Morgan fingerprint density at radius 3 is 2.32 bits per heavy atom. The molecule has 0 atom stereocenters. The van der Waals surface area contributed by atoms with E-state index >= 15 is 0 Å². The molecule has 0 fully saturated rings. The van der Waals surface area contributed by atoms with Crippen LogP contribution in [0.3, 0.4) is 0 Å². The zero-order valence-electron chi connectivity index (χ0n) is 11.6. The fourth-order valence-corrected chi connectivity index (χ4v) is 2.16. The minimum Gasteiger partial charge on any atom is -0.295 e. The van der Waals surface area contributed by atoms with Gasteiger partial charge in [-0.15, -0.1) is 0 Å². The van der Waals surface area contributed by atoms with Gasteiger partial charge in [0.15, 0.2) is 5.78 Å². The van der Waals surface area contributed by atoms with Crippen LogP contribution in [-0.4, -0.2) is 5.78 Å². The molecule has 0 radical (unpaired) electrons. The summed E-state index contributed by atoms with van der Waals surface area (Å²) in [7, 11) is 0. The van der Waals surface area contributed by atoms with Crippen molar-refractivity contribution in [1.29, 1.82) is 0 Å². The van der Waals surface area contributed by atoms with Crippen molar-refractivity contribution in [3.8, 4) is 0 Å². The van der Waals surface area contributed by atoms with E-state index in [4.69, 9.17) is 0 Å². The molecule has 0 bridgehead atoms. The molecular weight excluding hydrogens is 232 g/mol. The van der Waals surface area contributed by atoms with Gasteiger partial charge in [0.1, 0.15) is 0 Å². The van der Waals surface area contributed by atoms with Crippen molar-refractivity contribution in [3.05, 3.63) is 76.9 Å². The van der Waals surface area contributed by atoms with Gasteiger partial charge in [0.05, 0.1) is 0 Å². The number of carbonyl (C=O) groups excluding carboxylic acids is 1. The third kappa shape index (κ3) is 3.19. The highest BCUT2D eigenvalue weighted by Crippen LogP contribution is 2.27. The highest BCUT2D eigenvalue weighted by Gasteiger charge is 2.09.